The predicted octanol–water partition coefficient (Wildman–Crippen LogP) is 3.77. The van der Waals surface area contributed by atoms with Gasteiger partial charge in [-0.1, -0.05) is 18.1 Å². The smallest absolute Gasteiger partial charge is 0.227 e. The Kier molecular flexibility index (Phi) is 5.10. The van der Waals surface area contributed by atoms with Gasteiger partial charge in [0.1, 0.15) is 0 Å². The molecular formula is C17H23N3O2S. The van der Waals surface area contributed by atoms with Gasteiger partial charge in [0.15, 0.2) is 0 Å². The molecule has 23 heavy (non-hydrogen) atoms. The number of aromatic nitrogens is 2. The number of thiophene rings is 1. The van der Waals surface area contributed by atoms with Gasteiger partial charge in [0.2, 0.25) is 17.6 Å². The molecule has 0 atom stereocenters. The van der Waals surface area contributed by atoms with Gasteiger partial charge in [-0.3, -0.25) is 4.79 Å². The number of hydrogen-bond donors (Lipinski definition) is 0. The van der Waals surface area contributed by atoms with Crippen molar-refractivity contribution in [1.29, 1.82) is 0 Å². The summed E-state index contributed by atoms with van der Waals surface area (Å²) in [6.07, 6.45) is 5.60. The van der Waals surface area contributed by atoms with Crippen LogP contribution in [0.4, 0.5) is 0 Å². The van der Waals surface area contributed by atoms with Crippen molar-refractivity contribution in [2.75, 3.05) is 7.05 Å². The third-order valence-electron chi connectivity index (χ3n) is 4.69. The molecule has 0 aromatic carbocycles. The van der Waals surface area contributed by atoms with Gasteiger partial charge < -0.3 is 9.42 Å². The molecule has 6 heteroatoms. The number of nitrogens with zero attached hydrogens (tertiary/aromatic N) is 3. The number of amides is 1. The van der Waals surface area contributed by atoms with Gasteiger partial charge in [-0.2, -0.15) is 4.98 Å². The second-order valence-electron chi connectivity index (χ2n) is 6.41. The molecule has 0 aliphatic heterocycles. The molecule has 2 heterocycles. The maximum Gasteiger partial charge on any atom is 0.227 e. The Balaban J connectivity index is 1.51. The van der Waals surface area contributed by atoms with Crippen molar-refractivity contribution in [3.63, 3.8) is 0 Å². The lowest BCUT2D eigenvalue weighted by atomic mass is 9.86. The minimum atomic E-state index is 0.167. The van der Waals surface area contributed by atoms with E-state index in [2.05, 4.69) is 17.1 Å². The van der Waals surface area contributed by atoms with Crippen LogP contribution in [0.15, 0.2) is 22.0 Å². The highest BCUT2D eigenvalue weighted by Crippen LogP contribution is 2.27. The van der Waals surface area contributed by atoms with Gasteiger partial charge in [0.05, 0.1) is 4.88 Å². The van der Waals surface area contributed by atoms with E-state index in [-0.39, 0.29) is 5.91 Å². The van der Waals surface area contributed by atoms with Crippen molar-refractivity contribution in [2.24, 2.45) is 5.92 Å². The number of carbonyl (C=O) groups is 1. The first-order chi connectivity index (χ1) is 11.1. The number of hydrogen-bond acceptors (Lipinski definition) is 5. The van der Waals surface area contributed by atoms with E-state index in [4.69, 9.17) is 4.52 Å². The van der Waals surface area contributed by atoms with E-state index >= 15 is 0 Å². The monoisotopic (exact) mass is 333 g/mol. The second-order valence-corrected chi connectivity index (χ2v) is 7.36. The van der Waals surface area contributed by atoms with E-state index in [9.17, 15) is 4.79 Å². The van der Waals surface area contributed by atoms with Gasteiger partial charge in [-0.05, 0) is 43.0 Å². The molecule has 0 radical (unpaired) electrons. The Hall–Kier alpha value is -1.69. The van der Waals surface area contributed by atoms with Crippen LogP contribution in [0.2, 0.25) is 0 Å². The fourth-order valence-corrected chi connectivity index (χ4v) is 3.74. The third-order valence-corrected chi connectivity index (χ3v) is 5.55. The Morgan fingerprint density at radius 2 is 2.17 bits per heavy atom. The first-order valence-corrected chi connectivity index (χ1v) is 9.13. The van der Waals surface area contributed by atoms with Crippen LogP contribution in [0, 0.1) is 5.92 Å². The van der Waals surface area contributed by atoms with Crippen molar-refractivity contribution < 1.29 is 9.32 Å². The van der Waals surface area contributed by atoms with Gasteiger partial charge in [-0.25, -0.2) is 0 Å². The van der Waals surface area contributed by atoms with Crippen LogP contribution in [0.3, 0.4) is 0 Å². The van der Waals surface area contributed by atoms with Gasteiger partial charge >= 0.3 is 0 Å². The Morgan fingerprint density at radius 1 is 1.39 bits per heavy atom. The molecule has 5 nitrogen and oxygen atoms in total. The number of aryl methyl sites for hydroxylation is 1. The van der Waals surface area contributed by atoms with E-state index < -0.39 is 0 Å². The van der Waals surface area contributed by atoms with Crippen LogP contribution in [0.1, 0.15) is 44.9 Å². The minimum Gasteiger partial charge on any atom is -0.343 e. The van der Waals surface area contributed by atoms with E-state index in [1.54, 1.807) is 11.3 Å². The quantitative estimate of drug-likeness (QED) is 0.836. The summed E-state index contributed by atoms with van der Waals surface area (Å²) >= 11 is 1.58. The largest absolute Gasteiger partial charge is 0.343 e. The standard InChI is InChI=1S/C17H23N3O2S/c1-12-5-7-13(8-6-12)20(2)16(21)10-9-15-18-17(19-22-15)14-4-3-11-23-14/h3-4,11-13H,5-10H2,1-2H3. The SMILES string of the molecule is CC1CCC(N(C)C(=O)CCc2nc(-c3cccs3)no2)CC1. The lowest BCUT2D eigenvalue weighted by Gasteiger charge is -2.33. The van der Waals surface area contributed by atoms with Crippen LogP contribution in [-0.2, 0) is 11.2 Å². The Morgan fingerprint density at radius 3 is 2.87 bits per heavy atom. The van der Waals surface area contributed by atoms with Gasteiger partial charge in [0.25, 0.3) is 0 Å². The highest BCUT2D eigenvalue weighted by molar-refractivity contribution is 7.13. The van der Waals surface area contributed by atoms with Crippen molar-refractivity contribution >= 4 is 17.2 Å². The maximum atomic E-state index is 12.4. The molecule has 0 spiro atoms. The van der Waals surface area contributed by atoms with Crippen LogP contribution >= 0.6 is 11.3 Å². The molecule has 1 aliphatic carbocycles. The number of rotatable bonds is 5. The maximum absolute atomic E-state index is 12.4. The first kappa shape index (κ1) is 16.2. The summed E-state index contributed by atoms with van der Waals surface area (Å²) in [7, 11) is 1.92. The summed E-state index contributed by atoms with van der Waals surface area (Å²) in [5, 5.41) is 5.96. The molecule has 0 saturated heterocycles. The van der Waals surface area contributed by atoms with E-state index in [0.717, 1.165) is 23.6 Å². The fraction of sp³-hybridized carbons (Fsp3) is 0.588. The molecule has 1 aliphatic rings. The minimum absolute atomic E-state index is 0.167. The van der Waals surface area contributed by atoms with Crippen LogP contribution in [0.5, 0.6) is 0 Å². The van der Waals surface area contributed by atoms with Crippen LogP contribution in [0.25, 0.3) is 10.7 Å². The van der Waals surface area contributed by atoms with Gasteiger partial charge in [-0.15, -0.1) is 11.3 Å². The Bertz CT molecular complexity index is 630. The van der Waals surface area contributed by atoms with Crippen molar-refractivity contribution in [3.8, 4) is 10.7 Å². The summed E-state index contributed by atoms with van der Waals surface area (Å²) in [5.74, 6) is 2.11. The molecule has 1 amide bonds. The second kappa shape index (κ2) is 7.25. The van der Waals surface area contributed by atoms with Crippen molar-refractivity contribution in [1.82, 2.24) is 15.0 Å². The highest BCUT2D eigenvalue weighted by atomic mass is 32.1. The van der Waals surface area contributed by atoms with E-state index in [1.807, 2.05) is 29.5 Å². The van der Waals surface area contributed by atoms with Crippen molar-refractivity contribution in [3.05, 3.63) is 23.4 Å². The van der Waals surface area contributed by atoms with E-state index in [1.165, 1.54) is 12.8 Å². The van der Waals surface area contributed by atoms with Crippen molar-refractivity contribution in [2.45, 2.75) is 51.5 Å². The summed E-state index contributed by atoms with van der Waals surface area (Å²) in [5.41, 5.74) is 0. The Labute approximate surface area is 140 Å². The highest BCUT2D eigenvalue weighted by Gasteiger charge is 2.24. The average molecular weight is 333 g/mol. The molecule has 0 N–H and O–H groups in total. The topological polar surface area (TPSA) is 59.2 Å². The zero-order chi connectivity index (χ0) is 16.2. The third kappa shape index (κ3) is 3.99. The molecule has 2 aromatic rings. The lowest BCUT2D eigenvalue weighted by Crippen LogP contribution is -2.39. The van der Waals surface area contributed by atoms with E-state index in [0.29, 0.717) is 30.6 Å². The summed E-state index contributed by atoms with van der Waals surface area (Å²) in [4.78, 5) is 19.6. The molecule has 0 bridgehead atoms. The molecular weight excluding hydrogens is 310 g/mol. The molecule has 1 saturated carbocycles. The normalized spacial score (nSPS) is 21.3. The molecule has 1 fully saturated rings. The zero-order valence-electron chi connectivity index (χ0n) is 13.7. The lowest BCUT2D eigenvalue weighted by molar-refractivity contribution is -0.132. The molecule has 2 aromatic heterocycles. The zero-order valence-corrected chi connectivity index (χ0v) is 14.5. The molecule has 124 valence electrons. The number of carbonyl (C=O) groups excluding carboxylic acids is 1. The predicted molar refractivity (Wildman–Crippen MR) is 90.1 cm³/mol. The summed E-state index contributed by atoms with van der Waals surface area (Å²) in [6, 6.07) is 4.31. The van der Waals surface area contributed by atoms with Gasteiger partial charge in [0, 0.05) is 25.9 Å². The first-order valence-electron chi connectivity index (χ1n) is 8.25. The molecule has 3 rings (SSSR count). The molecule has 0 unspecified atom stereocenters. The summed E-state index contributed by atoms with van der Waals surface area (Å²) < 4.78 is 5.25. The fourth-order valence-electron chi connectivity index (χ4n) is 3.09. The summed E-state index contributed by atoms with van der Waals surface area (Å²) in [6.45, 7) is 2.29. The average Bonchev–Trinajstić information content (AvgIpc) is 3.23. The van der Waals surface area contributed by atoms with Crippen LogP contribution in [-0.4, -0.2) is 34.0 Å². The van der Waals surface area contributed by atoms with Crippen LogP contribution < -0.4 is 0 Å².